The van der Waals surface area contributed by atoms with E-state index in [1.807, 2.05) is 35.7 Å². The molecule has 2 aromatic rings. The van der Waals surface area contributed by atoms with Crippen molar-refractivity contribution in [1.29, 1.82) is 0 Å². The molecule has 0 radical (unpaired) electrons. The number of nitrogens with one attached hydrogen (secondary N) is 1. The second-order valence-corrected chi connectivity index (χ2v) is 8.04. The molecule has 1 aromatic carbocycles. The van der Waals surface area contributed by atoms with Gasteiger partial charge >= 0.3 is 0 Å². The number of amides is 2. The van der Waals surface area contributed by atoms with Crippen LogP contribution in [0.3, 0.4) is 0 Å². The first-order valence-electron chi connectivity index (χ1n) is 9.54. The molecule has 8 heteroatoms. The first-order valence-corrected chi connectivity index (χ1v) is 10.4. The predicted octanol–water partition coefficient (Wildman–Crippen LogP) is 1.96. The summed E-state index contributed by atoms with van der Waals surface area (Å²) >= 11 is 1.43. The fourth-order valence-electron chi connectivity index (χ4n) is 3.54. The number of likely N-dealkylation sites (tertiary alicyclic amines) is 1. The lowest BCUT2D eigenvalue weighted by Crippen LogP contribution is -2.35. The van der Waals surface area contributed by atoms with Crippen molar-refractivity contribution in [2.45, 2.75) is 19.5 Å². The van der Waals surface area contributed by atoms with E-state index >= 15 is 0 Å². The van der Waals surface area contributed by atoms with Gasteiger partial charge in [0.1, 0.15) is 0 Å². The van der Waals surface area contributed by atoms with E-state index in [1.165, 1.54) is 11.3 Å². The summed E-state index contributed by atoms with van der Waals surface area (Å²) in [5.41, 5.74) is 2.03. The average Bonchev–Trinajstić information content (AvgIpc) is 3.30. The number of carbonyl (C=O) groups excluding carboxylic acids is 2. The molecule has 3 heterocycles. The van der Waals surface area contributed by atoms with Crippen LogP contribution in [0.1, 0.15) is 17.7 Å². The van der Waals surface area contributed by atoms with Gasteiger partial charge in [0.05, 0.1) is 24.8 Å². The number of ether oxygens (including phenoxy) is 1. The molecule has 0 unspecified atom stereocenters. The molecule has 2 saturated heterocycles. The lowest BCUT2D eigenvalue weighted by molar-refractivity contribution is -0.128. The zero-order chi connectivity index (χ0) is 19.3. The molecule has 2 amide bonds. The van der Waals surface area contributed by atoms with Crippen molar-refractivity contribution in [3.63, 3.8) is 0 Å². The van der Waals surface area contributed by atoms with Gasteiger partial charge in [-0.2, -0.15) is 0 Å². The number of benzene rings is 1. The third-order valence-electron chi connectivity index (χ3n) is 5.07. The molecule has 4 rings (SSSR count). The lowest BCUT2D eigenvalue weighted by atomic mass is 10.1. The molecule has 1 aromatic heterocycles. The number of hydrogen-bond acceptors (Lipinski definition) is 6. The first kappa shape index (κ1) is 19.0. The van der Waals surface area contributed by atoms with Crippen LogP contribution in [0.15, 0.2) is 35.7 Å². The minimum atomic E-state index is -0.331. The quantitative estimate of drug-likeness (QED) is 0.802. The molecule has 0 spiro atoms. The topological polar surface area (TPSA) is 74.8 Å². The summed E-state index contributed by atoms with van der Waals surface area (Å²) in [4.78, 5) is 33.5. The van der Waals surface area contributed by atoms with Crippen molar-refractivity contribution in [3.8, 4) is 0 Å². The molecular weight excluding hydrogens is 376 g/mol. The van der Waals surface area contributed by atoms with E-state index in [1.54, 1.807) is 4.90 Å². The first-order chi connectivity index (χ1) is 13.7. The number of hydrogen-bond donors (Lipinski definition) is 1. The summed E-state index contributed by atoms with van der Waals surface area (Å²) in [6.45, 7) is 5.08. The highest BCUT2D eigenvalue weighted by atomic mass is 32.1. The van der Waals surface area contributed by atoms with Crippen LogP contribution in [0, 0.1) is 5.92 Å². The average molecular weight is 401 g/mol. The number of rotatable bonds is 6. The highest BCUT2D eigenvalue weighted by molar-refractivity contribution is 7.13. The number of thiazole rings is 1. The van der Waals surface area contributed by atoms with E-state index in [-0.39, 0.29) is 24.2 Å². The maximum absolute atomic E-state index is 12.6. The Bertz CT molecular complexity index is 820. The van der Waals surface area contributed by atoms with E-state index in [0.717, 1.165) is 44.1 Å². The van der Waals surface area contributed by atoms with Crippen LogP contribution in [0.4, 0.5) is 5.13 Å². The molecule has 0 bridgehead atoms. The predicted molar refractivity (Wildman–Crippen MR) is 107 cm³/mol. The van der Waals surface area contributed by atoms with Gasteiger partial charge in [-0.05, 0) is 5.56 Å². The van der Waals surface area contributed by atoms with Crippen molar-refractivity contribution in [2.75, 3.05) is 38.2 Å². The minimum Gasteiger partial charge on any atom is -0.379 e. The molecule has 2 aliphatic heterocycles. The molecule has 0 saturated carbocycles. The second kappa shape index (κ2) is 8.81. The van der Waals surface area contributed by atoms with Crippen LogP contribution in [-0.4, -0.2) is 59.4 Å². The highest BCUT2D eigenvalue weighted by Crippen LogP contribution is 2.23. The van der Waals surface area contributed by atoms with E-state index in [0.29, 0.717) is 18.2 Å². The Morgan fingerprint density at radius 1 is 1.21 bits per heavy atom. The zero-order valence-corrected chi connectivity index (χ0v) is 16.5. The van der Waals surface area contributed by atoms with Gasteiger partial charge < -0.3 is 15.0 Å². The smallest absolute Gasteiger partial charge is 0.231 e. The van der Waals surface area contributed by atoms with E-state index < -0.39 is 0 Å². The van der Waals surface area contributed by atoms with Crippen molar-refractivity contribution in [2.24, 2.45) is 5.92 Å². The monoisotopic (exact) mass is 400 g/mol. The SMILES string of the molecule is O=C(Nc1nc(CN2CCOCC2)cs1)[C@H]1CC(=O)N(Cc2ccccc2)C1. The van der Waals surface area contributed by atoms with Crippen molar-refractivity contribution in [1.82, 2.24) is 14.8 Å². The third-order valence-corrected chi connectivity index (χ3v) is 5.88. The molecular formula is C20H24N4O3S. The van der Waals surface area contributed by atoms with Crippen molar-refractivity contribution < 1.29 is 14.3 Å². The van der Waals surface area contributed by atoms with Gasteiger partial charge in [-0.25, -0.2) is 4.98 Å². The Morgan fingerprint density at radius 2 is 2.00 bits per heavy atom. The Kier molecular flexibility index (Phi) is 5.99. The maximum atomic E-state index is 12.6. The van der Waals surface area contributed by atoms with Crippen molar-refractivity contribution >= 4 is 28.3 Å². The summed E-state index contributed by atoms with van der Waals surface area (Å²) < 4.78 is 5.36. The Balaban J connectivity index is 1.29. The Hall–Kier alpha value is -2.29. The van der Waals surface area contributed by atoms with Crippen LogP contribution in [0.5, 0.6) is 0 Å². The number of morpholine rings is 1. The largest absolute Gasteiger partial charge is 0.379 e. The fraction of sp³-hybridized carbons (Fsp3) is 0.450. The van der Waals surface area contributed by atoms with Gasteiger partial charge in [-0.3, -0.25) is 14.5 Å². The van der Waals surface area contributed by atoms with Crippen molar-refractivity contribution in [3.05, 3.63) is 47.0 Å². The van der Waals surface area contributed by atoms with Gasteiger partial charge in [0.2, 0.25) is 11.8 Å². The summed E-state index contributed by atoms with van der Waals surface area (Å²) in [7, 11) is 0. The van der Waals surface area contributed by atoms with Crippen LogP contribution < -0.4 is 5.32 Å². The zero-order valence-electron chi connectivity index (χ0n) is 15.7. The van der Waals surface area contributed by atoms with E-state index in [4.69, 9.17) is 4.74 Å². The summed E-state index contributed by atoms with van der Waals surface area (Å²) in [6, 6.07) is 9.85. The molecule has 0 aliphatic carbocycles. The van der Waals surface area contributed by atoms with Gasteiger partial charge in [-0.15, -0.1) is 11.3 Å². The van der Waals surface area contributed by atoms with Gasteiger partial charge in [0, 0.05) is 44.5 Å². The second-order valence-electron chi connectivity index (χ2n) is 7.18. The normalized spacial score (nSPS) is 20.5. The third kappa shape index (κ3) is 4.76. The lowest BCUT2D eigenvalue weighted by Gasteiger charge is -2.25. The van der Waals surface area contributed by atoms with Crippen LogP contribution in [0.2, 0.25) is 0 Å². The molecule has 1 N–H and O–H groups in total. The number of anilines is 1. The van der Waals surface area contributed by atoms with Crippen LogP contribution in [0.25, 0.3) is 0 Å². The maximum Gasteiger partial charge on any atom is 0.231 e. The Morgan fingerprint density at radius 3 is 2.79 bits per heavy atom. The van der Waals surface area contributed by atoms with Crippen LogP contribution in [-0.2, 0) is 27.4 Å². The van der Waals surface area contributed by atoms with E-state index in [2.05, 4.69) is 15.2 Å². The molecule has 28 heavy (non-hydrogen) atoms. The molecule has 1 atom stereocenters. The number of nitrogens with zero attached hydrogens (tertiary/aromatic N) is 3. The van der Waals surface area contributed by atoms with Gasteiger partial charge in [0.15, 0.2) is 5.13 Å². The summed E-state index contributed by atoms with van der Waals surface area (Å²) in [6.07, 6.45) is 0.255. The standard InChI is InChI=1S/C20H24N4O3S/c25-18-10-16(12-24(18)11-15-4-2-1-3-5-15)19(26)22-20-21-17(14-28-20)13-23-6-8-27-9-7-23/h1-5,14,16H,6-13H2,(H,21,22,26)/t16-/m0/s1. The van der Waals surface area contributed by atoms with Gasteiger partial charge in [0.25, 0.3) is 0 Å². The molecule has 148 valence electrons. The van der Waals surface area contributed by atoms with E-state index in [9.17, 15) is 9.59 Å². The van der Waals surface area contributed by atoms with Crippen LogP contribution >= 0.6 is 11.3 Å². The molecule has 2 fully saturated rings. The molecule has 7 nitrogen and oxygen atoms in total. The summed E-state index contributed by atoms with van der Waals surface area (Å²) in [5.74, 6) is -0.435. The number of aromatic nitrogens is 1. The highest BCUT2D eigenvalue weighted by Gasteiger charge is 2.34. The molecule has 2 aliphatic rings. The van der Waals surface area contributed by atoms with Gasteiger partial charge in [-0.1, -0.05) is 30.3 Å². The number of carbonyl (C=O) groups is 2. The Labute approximate surface area is 168 Å². The summed E-state index contributed by atoms with van der Waals surface area (Å²) in [5, 5.41) is 5.47. The minimum absolute atomic E-state index is 0.0242. The fourth-order valence-corrected chi connectivity index (χ4v) is 4.24.